The molecule has 0 spiro atoms. The van der Waals surface area contributed by atoms with Gasteiger partial charge >= 0.3 is 0 Å². The van der Waals surface area contributed by atoms with Gasteiger partial charge in [-0.05, 0) is 35.7 Å². The van der Waals surface area contributed by atoms with Gasteiger partial charge in [0.25, 0.3) is 0 Å². The predicted octanol–water partition coefficient (Wildman–Crippen LogP) is 4.15. The second kappa shape index (κ2) is 8.65. The maximum atomic E-state index is 5.38. The van der Waals surface area contributed by atoms with Crippen molar-refractivity contribution in [3.63, 3.8) is 0 Å². The topological polar surface area (TPSA) is 61.2 Å². The summed E-state index contributed by atoms with van der Waals surface area (Å²) in [5.41, 5.74) is 3.34. The van der Waals surface area contributed by atoms with Gasteiger partial charge in [-0.25, -0.2) is 9.97 Å². The monoisotopic (exact) mass is 388 g/mol. The van der Waals surface area contributed by atoms with E-state index in [2.05, 4.69) is 62.4 Å². The van der Waals surface area contributed by atoms with E-state index in [1.165, 1.54) is 11.1 Å². The molecule has 148 valence electrons. The minimum atomic E-state index is 0.737. The fourth-order valence-corrected chi connectivity index (χ4v) is 3.41. The molecule has 0 bridgehead atoms. The number of aromatic nitrogens is 3. The van der Waals surface area contributed by atoms with Crippen molar-refractivity contribution in [1.82, 2.24) is 14.5 Å². The quantitative estimate of drug-likeness (QED) is 0.491. The number of rotatable bonds is 8. The first-order valence-corrected chi connectivity index (χ1v) is 9.57. The van der Waals surface area contributed by atoms with Crippen LogP contribution in [0.1, 0.15) is 11.1 Å². The molecule has 6 heteroatoms. The first kappa shape index (κ1) is 18.8. The molecule has 0 unspecified atom stereocenters. The minimum Gasteiger partial charge on any atom is -0.493 e. The van der Waals surface area contributed by atoms with Crippen LogP contribution in [-0.2, 0) is 13.0 Å². The van der Waals surface area contributed by atoms with E-state index in [0.29, 0.717) is 0 Å². The number of ether oxygens (including phenoxy) is 2. The molecule has 29 heavy (non-hydrogen) atoms. The van der Waals surface area contributed by atoms with Gasteiger partial charge in [-0.15, -0.1) is 0 Å². The van der Waals surface area contributed by atoms with Crippen LogP contribution in [0.3, 0.4) is 0 Å². The van der Waals surface area contributed by atoms with Crippen LogP contribution in [0.15, 0.2) is 67.1 Å². The van der Waals surface area contributed by atoms with E-state index in [-0.39, 0.29) is 0 Å². The number of nitrogens with one attached hydrogen (secondary N) is 1. The molecule has 2 aromatic carbocycles. The Morgan fingerprint density at radius 3 is 2.52 bits per heavy atom. The smallest absolute Gasteiger partial charge is 0.160 e. The molecule has 4 aromatic rings. The Kier molecular flexibility index (Phi) is 5.61. The SMILES string of the molecule is COc1ccc(CCNc2ncnc3c2ccn3Cc2ccccc2)cc1OC. The van der Waals surface area contributed by atoms with Gasteiger partial charge in [-0.1, -0.05) is 36.4 Å². The zero-order valence-electron chi connectivity index (χ0n) is 16.6. The van der Waals surface area contributed by atoms with Crippen LogP contribution in [0.2, 0.25) is 0 Å². The van der Waals surface area contributed by atoms with Crippen LogP contribution in [-0.4, -0.2) is 35.3 Å². The lowest BCUT2D eigenvalue weighted by molar-refractivity contribution is 0.354. The maximum Gasteiger partial charge on any atom is 0.160 e. The summed E-state index contributed by atoms with van der Waals surface area (Å²) in [7, 11) is 3.29. The molecular formula is C23H24N4O2. The number of hydrogen-bond donors (Lipinski definition) is 1. The van der Waals surface area contributed by atoms with Crippen LogP contribution in [0.4, 0.5) is 5.82 Å². The Morgan fingerprint density at radius 1 is 0.897 bits per heavy atom. The van der Waals surface area contributed by atoms with E-state index in [4.69, 9.17) is 9.47 Å². The number of hydrogen-bond acceptors (Lipinski definition) is 5. The van der Waals surface area contributed by atoms with Crippen LogP contribution in [0, 0.1) is 0 Å². The molecule has 1 N–H and O–H groups in total. The highest BCUT2D eigenvalue weighted by molar-refractivity contribution is 5.87. The summed E-state index contributed by atoms with van der Waals surface area (Å²) in [4.78, 5) is 8.93. The van der Waals surface area contributed by atoms with E-state index in [0.717, 1.165) is 47.9 Å². The highest BCUT2D eigenvalue weighted by atomic mass is 16.5. The molecule has 6 nitrogen and oxygen atoms in total. The molecule has 2 aromatic heterocycles. The van der Waals surface area contributed by atoms with Gasteiger partial charge in [-0.2, -0.15) is 0 Å². The molecular weight excluding hydrogens is 364 g/mol. The summed E-state index contributed by atoms with van der Waals surface area (Å²) >= 11 is 0. The molecule has 0 amide bonds. The van der Waals surface area contributed by atoms with Crippen molar-refractivity contribution in [3.8, 4) is 11.5 Å². The molecule has 0 aliphatic carbocycles. The van der Waals surface area contributed by atoms with Crippen molar-refractivity contribution in [2.75, 3.05) is 26.1 Å². The van der Waals surface area contributed by atoms with Crippen LogP contribution in [0.5, 0.6) is 11.5 Å². The number of methoxy groups -OCH3 is 2. The molecule has 4 rings (SSSR count). The number of fused-ring (bicyclic) bond motifs is 1. The van der Waals surface area contributed by atoms with E-state index in [9.17, 15) is 0 Å². The Balaban J connectivity index is 1.46. The fourth-order valence-electron chi connectivity index (χ4n) is 3.41. The van der Waals surface area contributed by atoms with Crippen molar-refractivity contribution < 1.29 is 9.47 Å². The van der Waals surface area contributed by atoms with Crippen LogP contribution < -0.4 is 14.8 Å². The van der Waals surface area contributed by atoms with E-state index in [1.54, 1.807) is 20.5 Å². The van der Waals surface area contributed by atoms with Gasteiger partial charge in [0.2, 0.25) is 0 Å². The summed E-state index contributed by atoms with van der Waals surface area (Å²) in [6, 6.07) is 18.4. The largest absolute Gasteiger partial charge is 0.493 e. The lowest BCUT2D eigenvalue weighted by atomic mass is 10.1. The zero-order valence-corrected chi connectivity index (χ0v) is 16.6. The maximum absolute atomic E-state index is 5.38. The van der Waals surface area contributed by atoms with Crippen molar-refractivity contribution in [2.24, 2.45) is 0 Å². The second-order valence-electron chi connectivity index (χ2n) is 6.75. The number of benzene rings is 2. The molecule has 0 saturated heterocycles. The van der Waals surface area contributed by atoms with Crippen molar-refractivity contribution in [3.05, 3.63) is 78.2 Å². The second-order valence-corrected chi connectivity index (χ2v) is 6.75. The third-order valence-electron chi connectivity index (χ3n) is 4.91. The Morgan fingerprint density at radius 2 is 1.72 bits per heavy atom. The molecule has 0 aliphatic heterocycles. The zero-order chi connectivity index (χ0) is 20.1. The average molecular weight is 388 g/mol. The Labute approximate surface area is 170 Å². The summed E-state index contributed by atoms with van der Waals surface area (Å²) in [5.74, 6) is 2.33. The standard InChI is InChI=1S/C23H24N4O2/c1-28-20-9-8-17(14-21(20)29-2)10-12-24-22-19-11-13-27(23(19)26-16-25-22)15-18-6-4-3-5-7-18/h3-9,11,13-14,16H,10,12,15H2,1-2H3,(H,24,25,26). The van der Waals surface area contributed by atoms with Crippen LogP contribution >= 0.6 is 0 Å². The molecule has 2 heterocycles. The van der Waals surface area contributed by atoms with Gasteiger partial charge in [0.05, 0.1) is 19.6 Å². The Hall–Kier alpha value is -3.54. The Bertz CT molecular complexity index is 1090. The number of anilines is 1. The van der Waals surface area contributed by atoms with Gasteiger partial charge < -0.3 is 19.4 Å². The predicted molar refractivity (Wildman–Crippen MR) is 115 cm³/mol. The highest BCUT2D eigenvalue weighted by Crippen LogP contribution is 2.28. The first-order valence-electron chi connectivity index (χ1n) is 9.57. The van der Waals surface area contributed by atoms with Gasteiger partial charge in [0.15, 0.2) is 11.5 Å². The molecule has 0 aliphatic rings. The molecule has 0 atom stereocenters. The van der Waals surface area contributed by atoms with Crippen molar-refractivity contribution >= 4 is 16.9 Å². The van der Waals surface area contributed by atoms with Crippen molar-refractivity contribution in [2.45, 2.75) is 13.0 Å². The molecule has 0 fully saturated rings. The molecule has 0 radical (unpaired) electrons. The van der Waals surface area contributed by atoms with Crippen LogP contribution in [0.25, 0.3) is 11.0 Å². The lowest BCUT2D eigenvalue weighted by Crippen LogP contribution is -2.07. The van der Waals surface area contributed by atoms with E-state index in [1.807, 2.05) is 18.2 Å². The van der Waals surface area contributed by atoms with E-state index >= 15 is 0 Å². The summed E-state index contributed by atoms with van der Waals surface area (Å²) < 4.78 is 12.8. The number of nitrogens with zero attached hydrogens (tertiary/aromatic N) is 3. The third kappa shape index (κ3) is 4.16. The third-order valence-corrected chi connectivity index (χ3v) is 4.91. The van der Waals surface area contributed by atoms with Gasteiger partial charge in [0.1, 0.15) is 17.8 Å². The van der Waals surface area contributed by atoms with E-state index < -0.39 is 0 Å². The first-order chi connectivity index (χ1) is 14.3. The van der Waals surface area contributed by atoms with Gasteiger partial charge in [0, 0.05) is 19.3 Å². The summed E-state index contributed by atoms with van der Waals surface area (Å²) in [6.07, 6.45) is 4.52. The highest BCUT2D eigenvalue weighted by Gasteiger charge is 2.09. The average Bonchev–Trinajstić information content (AvgIpc) is 3.18. The fraction of sp³-hybridized carbons (Fsp3) is 0.217. The van der Waals surface area contributed by atoms with Gasteiger partial charge in [-0.3, -0.25) is 0 Å². The minimum absolute atomic E-state index is 0.737. The normalized spacial score (nSPS) is 10.8. The molecule has 0 saturated carbocycles. The lowest BCUT2D eigenvalue weighted by Gasteiger charge is -2.11. The van der Waals surface area contributed by atoms with Crippen molar-refractivity contribution in [1.29, 1.82) is 0 Å². The summed E-state index contributed by atoms with van der Waals surface area (Å²) in [5, 5.41) is 4.47. The summed E-state index contributed by atoms with van der Waals surface area (Å²) in [6.45, 7) is 1.54.